The SMILES string of the molecule is CCC(C(=O)OC)C(O)c1ccc(O)c(F)c1. The number of aliphatic hydroxyl groups is 1. The van der Waals surface area contributed by atoms with Crippen LogP contribution in [0.25, 0.3) is 0 Å². The number of rotatable bonds is 4. The van der Waals surface area contributed by atoms with E-state index in [1.54, 1.807) is 6.92 Å². The third-order valence-corrected chi connectivity index (χ3v) is 2.64. The summed E-state index contributed by atoms with van der Waals surface area (Å²) in [4.78, 5) is 11.4. The number of hydrogen-bond donors (Lipinski definition) is 2. The van der Waals surface area contributed by atoms with Crippen LogP contribution in [0, 0.1) is 11.7 Å². The van der Waals surface area contributed by atoms with Crippen LogP contribution in [-0.2, 0) is 9.53 Å². The molecule has 4 nitrogen and oxygen atoms in total. The number of benzene rings is 1. The molecule has 0 bridgehead atoms. The Bertz CT molecular complexity index is 405. The minimum atomic E-state index is -1.15. The van der Waals surface area contributed by atoms with Crippen LogP contribution in [0.3, 0.4) is 0 Å². The molecule has 0 aromatic heterocycles. The van der Waals surface area contributed by atoms with Crippen LogP contribution in [0.1, 0.15) is 25.0 Å². The Hall–Kier alpha value is -1.62. The maximum absolute atomic E-state index is 13.1. The van der Waals surface area contributed by atoms with Crippen molar-refractivity contribution in [3.8, 4) is 5.75 Å². The van der Waals surface area contributed by atoms with Crippen LogP contribution < -0.4 is 0 Å². The number of halogens is 1. The summed E-state index contributed by atoms with van der Waals surface area (Å²) in [7, 11) is 1.23. The topological polar surface area (TPSA) is 66.8 Å². The zero-order valence-corrected chi connectivity index (χ0v) is 9.68. The monoisotopic (exact) mass is 242 g/mol. The second-order valence-corrected chi connectivity index (χ2v) is 3.69. The summed E-state index contributed by atoms with van der Waals surface area (Å²) in [5.74, 6) is -2.62. The molecule has 0 aliphatic heterocycles. The standard InChI is InChI=1S/C12H15FO4/c1-3-8(12(16)17-2)11(15)7-4-5-10(14)9(13)6-7/h4-6,8,11,14-15H,3H2,1-2H3. The van der Waals surface area contributed by atoms with Gasteiger partial charge in [0.2, 0.25) is 0 Å². The van der Waals surface area contributed by atoms with Gasteiger partial charge >= 0.3 is 5.97 Å². The zero-order chi connectivity index (χ0) is 13.0. The molecule has 0 radical (unpaired) electrons. The second-order valence-electron chi connectivity index (χ2n) is 3.69. The van der Waals surface area contributed by atoms with Gasteiger partial charge in [0.1, 0.15) is 0 Å². The van der Waals surface area contributed by atoms with Gasteiger partial charge in [-0.3, -0.25) is 4.79 Å². The van der Waals surface area contributed by atoms with Gasteiger partial charge in [-0.1, -0.05) is 13.0 Å². The average molecular weight is 242 g/mol. The Balaban J connectivity index is 2.97. The summed E-state index contributed by atoms with van der Waals surface area (Å²) in [6.45, 7) is 1.72. The van der Waals surface area contributed by atoms with Crippen molar-refractivity contribution < 1.29 is 24.1 Å². The van der Waals surface area contributed by atoms with Gasteiger partial charge in [-0.25, -0.2) is 4.39 Å². The van der Waals surface area contributed by atoms with Crippen LogP contribution in [-0.4, -0.2) is 23.3 Å². The predicted octanol–water partition coefficient (Wildman–Crippen LogP) is 1.76. The molecule has 5 heteroatoms. The van der Waals surface area contributed by atoms with Crippen molar-refractivity contribution in [1.29, 1.82) is 0 Å². The summed E-state index contributed by atoms with van der Waals surface area (Å²) in [6.07, 6.45) is -0.779. The molecule has 17 heavy (non-hydrogen) atoms. The van der Waals surface area contributed by atoms with E-state index >= 15 is 0 Å². The third kappa shape index (κ3) is 2.94. The molecule has 0 fully saturated rings. The Labute approximate surface area is 98.7 Å². The number of aromatic hydroxyl groups is 1. The highest BCUT2D eigenvalue weighted by Crippen LogP contribution is 2.28. The van der Waals surface area contributed by atoms with Gasteiger partial charge in [0.05, 0.1) is 19.1 Å². The smallest absolute Gasteiger partial charge is 0.311 e. The summed E-state index contributed by atoms with van der Waals surface area (Å²) < 4.78 is 17.7. The van der Waals surface area contributed by atoms with E-state index < -0.39 is 29.6 Å². The second kappa shape index (κ2) is 5.63. The van der Waals surface area contributed by atoms with Crippen molar-refractivity contribution in [2.45, 2.75) is 19.4 Å². The molecule has 2 N–H and O–H groups in total. The van der Waals surface area contributed by atoms with Crippen LogP contribution in [0.15, 0.2) is 18.2 Å². The number of methoxy groups -OCH3 is 1. The number of esters is 1. The lowest BCUT2D eigenvalue weighted by Gasteiger charge is -2.19. The Kier molecular flexibility index (Phi) is 4.45. The van der Waals surface area contributed by atoms with Crippen LogP contribution in [0.2, 0.25) is 0 Å². The Morgan fingerprint density at radius 1 is 1.53 bits per heavy atom. The predicted molar refractivity (Wildman–Crippen MR) is 58.8 cm³/mol. The molecule has 0 heterocycles. The minimum Gasteiger partial charge on any atom is -0.505 e. The number of hydrogen-bond acceptors (Lipinski definition) is 4. The molecular weight excluding hydrogens is 227 g/mol. The molecule has 0 amide bonds. The van der Waals surface area contributed by atoms with E-state index in [1.807, 2.05) is 0 Å². The van der Waals surface area contributed by atoms with Crippen molar-refractivity contribution in [1.82, 2.24) is 0 Å². The summed E-state index contributed by atoms with van der Waals surface area (Å²) in [6, 6.07) is 3.51. The lowest BCUT2D eigenvalue weighted by molar-refractivity contribution is -0.149. The number of aliphatic hydroxyl groups excluding tert-OH is 1. The maximum Gasteiger partial charge on any atom is 0.311 e. The summed E-state index contributed by atoms with van der Waals surface area (Å²) >= 11 is 0. The van der Waals surface area contributed by atoms with E-state index in [-0.39, 0.29) is 5.56 Å². The highest BCUT2D eigenvalue weighted by Gasteiger charge is 2.27. The van der Waals surface area contributed by atoms with Crippen molar-refractivity contribution >= 4 is 5.97 Å². The number of carbonyl (C=O) groups is 1. The van der Waals surface area contributed by atoms with E-state index in [9.17, 15) is 14.3 Å². The fourth-order valence-electron chi connectivity index (χ4n) is 1.61. The summed E-state index contributed by atoms with van der Waals surface area (Å²) in [5.41, 5.74) is 0.234. The molecule has 1 aromatic carbocycles. The van der Waals surface area contributed by atoms with Gasteiger partial charge in [0.25, 0.3) is 0 Å². The molecule has 1 aromatic rings. The number of phenols is 1. The van der Waals surface area contributed by atoms with Crippen LogP contribution in [0.5, 0.6) is 5.75 Å². The Morgan fingerprint density at radius 2 is 2.18 bits per heavy atom. The molecule has 2 unspecified atom stereocenters. The maximum atomic E-state index is 13.1. The van der Waals surface area contributed by atoms with E-state index in [0.717, 1.165) is 12.1 Å². The van der Waals surface area contributed by atoms with Crippen molar-refractivity contribution in [2.75, 3.05) is 7.11 Å². The number of ether oxygens (including phenoxy) is 1. The number of carbonyl (C=O) groups excluding carboxylic acids is 1. The van der Waals surface area contributed by atoms with Gasteiger partial charge in [0.15, 0.2) is 11.6 Å². The first-order valence-corrected chi connectivity index (χ1v) is 5.25. The summed E-state index contributed by atoms with van der Waals surface area (Å²) in [5, 5.41) is 19.0. The zero-order valence-electron chi connectivity index (χ0n) is 9.68. The molecule has 1 rings (SSSR count). The Morgan fingerprint density at radius 3 is 2.65 bits per heavy atom. The normalized spacial score (nSPS) is 14.1. The van der Waals surface area contributed by atoms with E-state index in [0.29, 0.717) is 6.42 Å². The van der Waals surface area contributed by atoms with Gasteiger partial charge in [0, 0.05) is 0 Å². The lowest BCUT2D eigenvalue weighted by atomic mass is 9.93. The molecular formula is C12H15FO4. The first-order chi connectivity index (χ1) is 8.01. The average Bonchev–Trinajstić information content (AvgIpc) is 2.33. The van der Waals surface area contributed by atoms with Gasteiger partial charge in [-0.05, 0) is 24.1 Å². The van der Waals surface area contributed by atoms with Crippen molar-refractivity contribution in [3.05, 3.63) is 29.6 Å². The quantitative estimate of drug-likeness (QED) is 0.789. The highest BCUT2D eigenvalue weighted by molar-refractivity contribution is 5.73. The fourth-order valence-corrected chi connectivity index (χ4v) is 1.61. The molecule has 0 saturated carbocycles. The lowest BCUT2D eigenvalue weighted by Crippen LogP contribution is -2.23. The van der Waals surface area contributed by atoms with E-state index in [4.69, 9.17) is 5.11 Å². The molecule has 0 spiro atoms. The number of phenolic OH excluding ortho intramolecular Hbond substituents is 1. The van der Waals surface area contributed by atoms with E-state index in [1.165, 1.54) is 13.2 Å². The van der Waals surface area contributed by atoms with Gasteiger partial charge in [-0.15, -0.1) is 0 Å². The van der Waals surface area contributed by atoms with Crippen molar-refractivity contribution in [3.63, 3.8) is 0 Å². The molecule has 0 saturated heterocycles. The first-order valence-electron chi connectivity index (χ1n) is 5.25. The molecule has 0 aliphatic carbocycles. The first kappa shape index (κ1) is 13.4. The van der Waals surface area contributed by atoms with Crippen LogP contribution in [0.4, 0.5) is 4.39 Å². The highest BCUT2D eigenvalue weighted by atomic mass is 19.1. The van der Waals surface area contributed by atoms with Crippen LogP contribution >= 0.6 is 0 Å². The fraction of sp³-hybridized carbons (Fsp3) is 0.417. The minimum absolute atomic E-state index is 0.234. The van der Waals surface area contributed by atoms with Gasteiger partial charge in [-0.2, -0.15) is 0 Å². The van der Waals surface area contributed by atoms with E-state index in [2.05, 4.69) is 4.74 Å². The van der Waals surface area contributed by atoms with Gasteiger partial charge < -0.3 is 14.9 Å². The third-order valence-electron chi connectivity index (χ3n) is 2.64. The molecule has 94 valence electrons. The van der Waals surface area contributed by atoms with Crippen molar-refractivity contribution in [2.24, 2.45) is 5.92 Å². The largest absolute Gasteiger partial charge is 0.505 e. The molecule has 2 atom stereocenters. The molecule has 0 aliphatic rings.